The van der Waals surface area contributed by atoms with Gasteiger partial charge in [0.1, 0.15) is 11.5 Å². The lowest BCUT2D eigenvalue weighted by molar-refractivity contribution is -0.117. The van der Waals surface area contributed by atoms with Crippen molar-refractivity contribution in [1.82, 2.24) is 0 Å². The van der Waals surface area contributed by atoms with Crippen LogP contribution in [0.15, 0.2) is 24.3 Å². The molecule has 1 aliphatic rings. The van der Waals surface area contributed by atoms with E-state index in [-0.39, 0.29) is 11.7 Å². The van der Waals surface area contributed by atoms with Gasteiger partial charge in [-0.3, -0.25) is 0 Å². The summed E-state index contributed by atoms with van der Waals surface area (Å²) in [5.74, 6) is 1.46. The van der Waals surface area contributed by atoms with Gasteiger partial charge in [0.2, 0.25) is 0 Å². The van der Waals surface area contributed by atoms with Crippen LogP contribution in [0.3, 0.4) is 0 Å². The fourth-order valence-electron chi connectivity index (χ4n) is 1.82. The Hall–Kier alpha value is -1.31. The summed E-state index contributed by atoms with van der Waals surface area (Å²) in [5.41, 5.74) is 1.19. The molecule has 0 spiro atoms. The molecular weight excluding hydrogens is 200 g/mol. The minimum atomic E-state index is 0.237. The quantitative estimate of drug-likeness (QED) is 0.758. The van der Waals surface area contributed by atoms with E-state index in [1.165, 1.54) is 18.4 Å². The Morgan fingerprint density at radius 1 is 1.50 bits per heavy atom. The van der Waals surface area contributed by atoms with E-state index in [0.717, 1.165) is 5.75 Å². The first kappa shape index (κ1) is 11.2. The van der Waals surface area contributed by atoms with Gasteiger partial charge in [0, 0.05) is 6.42 Å². The first-order chi connectivity index (χ1) is 7.65. The summed E-state index contributed by atoms with van der Waals surface area (Å²) in [6, 6.07) is 8.12. The number of ether oxygens (including phenoxy) is 1. The van der Waals surface area contributed by atoms with Crippen LogP contribution in [0, 0.1) is 0 Å². The molecule has 0 saturated heterocycles. The lowest BCUT2D eigenvalue weighted by Gasteiger charge is -2.12. The number of carbonyl (C=O) groups is 1. The predicted molar refractivity (Wildman–Crippen MR) is 63.8 cm³/mol. The van der Waals surface area contributed by atoms with Crippen LogP contribution in [0.5, 0.6) is 5.75 Å². The molecule has 1 fully saturated rings. The SMILES string of the molecule is CC(=O)CC(C)c1cccc(OC2CC2)c1. The maximum Gasteiger partial charge on any atom is 0.130 e. The molecule has 0 radical (unpaired) electrons. The normalized spacial score (nSPS) is 16.9. The summed E-state index contributed by atoms with van der Waals surface area (Å²) in [5, 5.41) is 0. The van der Waals surface area contributed by atoms with Gasteiger partial charge in [0.05, 0.1) is 6.10 Å². The molecule has 1 aromatic carbocycles. The Kier molecular flexibility index (Phi) is 3.28. The molecular formula is C14H18O2. The van der Waals surface area contributed by atoms with E-state index < -0.39 is 0 Å². The minimum absolute atomic E-state index is 0.237. The number of Topliss-reactive ketones (excluding diaryl/α,β-unsaturated/α-hetero) is 1. The first-order valence-corrected chi connectivity index (χ1v) is 5.91. The van der Waals surface area contributed by atoms with Gasteiger partial charge < -0.3 is 9.53 Å². The molecule has 86 valence electrons. The smallest absolute Gasteiger partial charge is 0.130 e. The summed E-state index contributed by atoms with van der Waals surface area (Å²) in [4.78, 5) is 11.1. The summed E-state index contributed by atoms with van der Waals surface area (Å²) < 4.78 is 5.74. The summed E-state index contributed by atoms with van der Waals surface area (Å²) in [7, 11) is 0. The third kappa shape index (κ3) is 3.09. The zero-order valence-electron chi connectivity index (χ0n) is 9.90. The van der Waals surface area contributed by atoms with Crippen molar-refractivity contribution in [3.8, 4) is 5.75 Å². The second-order valence-electron chi connectivity index (χ2n) is 4.70. The average Bonchev–Trinajstić information content (AvgIpc) is 3.01. The van der Waals surface area contributed by atoms with Crippen LogP contribution >= 0.6 is 0 Å². The molecule has 0 amide bonds. The Morgan fingerprint density at radius 2 is 2.25 bits per heavy atom. The highest BCUT2D eigenvalue weighted by molar-refractivity contribution is 5.76. The highest BCUT2D eigenvalue weighted by atomic mass is 16.5. The van der Waals surface area contributed by atoms with Crippen LogP contribution in [-0.4, -0.2) is 11.9 Å². The van der Waals surface area contributed by atoms with E-state index in [4.69, 9.17) is 4.74 Å². The zero-order valence-corrected chi connectivity index (χ0v) is 9.90. The maximum atomic E-state index is 11.1. The van der Waals surface area contributed by atoms with Crippen molar-refractivity contribution < 1.29 is 9.53 Å². The molecule has 16 heavy (non-hydrogen) atoms. The molecule has 1 aliphatic carbocycles. The third-order valence-electron chi connectivity index (χ3n) is 2.85. The van der Waals surface area contributed by atoms with Gasteiger partial charge in [-0.2, -0.15) is 0 Å². The molecule has 1 saturated carbocycles. The van der Waals surface area contributed by atoms with Gasteiger partial charge in [-0.15, -0.1) is 0 Å². The zero-order chi connectivity index (χ0) is 11.5. The van der Waals surface area contributed by atoms with E-state index in [1.807, 2.05) is 12.1 Å². The lowest BCUT2D eigenvalue weighted by Crippen LogP contribution is -2.01. The van der Waals surface area contributed by atoms with Crippen LogP contribution in [0.25, 0.3) is 0 Å². The van der Waals surface area contributed by atoms with Crippen molar-refractivity contribution in [3.63, 3.8) is 0 Å². The lowest BCUT2D eigenvalue weighted by atomic mass is 9.96. The number of benzene rings is 1. The van der Waals surface area contributed by atoms with E-state index >= 15 is 0 Å². The van der Waals surface area contributed by atoms with Gasteiger partial charge >= 0.3 is 0 Å². The highest BCUT2D eigenvalue weighted by Gasteiger charge is 2.23. The Balaban J connectivity index is 2.04. The van der Waals surface area contributed by atoms with E-state index in [0.29, 0.717) is 12.5 Å². The van der Waals surface area contributed by atoms with Crippen molar-refractivity contribution >= 4 is 5.78 Å². The van der Waals surface area contributed by atoms with Crippen LogP contribution in [-0.2, 0) is 4.79 Å². The van der Waals surface area contributed by atoms with E-state index in [9.17, 15) is 4.79 Å². The molecule has 2 nitrogen and oxygen atoms in total. The van der Waals surface area contributed by atoms with Gasteiger partial charge in [-0.05, 0) is 43.4 Å². The second-order valence-corrected chi connectivity index (χ2v) is 4.70. The Morgan fingerprint density at radius 3 is 2.88 bits per heavy atom. The van der Waals surface area contributed by atoms with Crippen LogP contribution in [0.1, 0.15) is 44.6 Å². The van der Waals surface area contributed by atoms with Gasteiger partial charge in [-0.1, -0.05) is 19.1 Å². The van der Waals surface area contributed by atoms with Crippen molar-refractivity contribution in [1.29, 1.82) is 0 Å². The highest BCUT2D eigenvalue weighted by Crippen LogP contribution is 2.29. The maximum absolute atomic E-state index is 11.1. The monoisotopic (exact) mass is 218 g/mol. The number of hydrogen-bond acceptors (Lipinski definition) is 2. The number of hydrogen-bond donors (Lipinski definition) is 0. The van der Waals surface area contributed by atoms with Gasteiger partial charge in [-0.25, -0.2) is 0 Å². The minimum Gasteiger partial charge on any atom is -0.490 e. The van der Waals surface area contributed by atoms with Gasteiger partial charge in [0.25, 0.3) is 0 Å². The fraction of sp³-hybridized carbons (Fsp3) is 0.500. The Bertz CT molecular complexity index is 380. The third-order valence-corrected chi connectivity index (χ3v) is 2.85. The van der Waals surface area contributed by atoms with E-state index in [2.05, 4.69) is 19.1 Å². The summed E-state index contributed by atoms with van der Waals surface area (Å²) in [6.07, 6.45) is 3.38. The van der Waals surface area contributed by atoms with E-state index in [1.54, 1.807) is 6.92 Å². The van der Waals surface area contributed by atoms with Crippen LogP contribution in [0.4, 0.5) is 0 Å². The van der Waals surface area contributed by atoms with Crippen molar-refractivity contribution in [2.75, 3.05) is 0 Å². The van der Waals surface area contributed by atoms with Crippen LogP contribution in [0.2, 0.25) is 0 Å². The molecule has 2 heteroatoms. The summed E-state index contributed by atoms with van der Waals surface area (Å²) in [6.45, 7) is 3.72. The molecule has 0 heterocycles. The molecule has 0 bridgehead atoms. The average molecular weight is 218 g/mol. The van der Waals surface area contributed by atoms with Crippen molar-refractivity contribution in [2.45, 2.75) is 45.1 Å². The second kappa shape index (κ2) is 4.69. The molecule has 0 N–H and O–H groups in total. The van der Waals surface area contributed by atoms with Crippen LogP contribution < -0.4 is 4.74 Å². The Labute approximate surface area is 96.6 Å². The molecule has 1 atom stereocenters. The molecule has 0 aliphatic heterocycles. The standard InChI is InChI=1S/C14H18O2/c1-10(8-11(2)15)12-4-3-5-14(9-12)16-13-6-7-13/h3-5,9-10,13H,6-8H2,1-2H3. The first-order valence-electron chi connectivity index (χ1n) is 5.91. The fourth-order valence-corrected chi connectivity index (χ4v) is 1.82. The predicted octanol–water partition coefficient (Wildman–Crippen LogP) is 3.31. The summed E-state index contributed by atoms with van der Waals surface area (Å²) >= 11 is 0. The molecule has 2 rings (SSSR count). The number of rotatable bonds is 5. The number of carbonyl (C=O) groups excluding carboxylic acids is 1. The largest absolute Gasteiger partial charge is 0.490 e. The molecule has 1 unspecified atom stereocenters. The number of ketones is 1. The van der Waals surface area contributed by atoms with Crippen molar-refractivity contribution in [2.24, 2.45) is 0 Å². The van der Waals surface area contributed by atoms with Crippen molar-refractivity contribution in [3.05, 3.63) is 29.8 Å². The topological polar surface area (TPSA) is 26.3 Å². The van der Waals surface area contributed by atoms with Gasteiger partial charge in [0.15, 0.2) is 0 Å². The molecule has 1 aromatic rings. The molecule has 0 aromatic heterocycles.